The van der Waals surface area contributed by atoms with E-state index in [0.29, 0.717) is 12.2 Å². The zero-order valence-electron chi connectivity index (χ0n) is 16.0. The van der Waals surface area contributed by atoms with Crippen LogP contribution < -0.4 is 0 Å². The standard InChI is InChI=1S/C23H22N4O2/c28-23(21-19-10-4-5-11-20(19)25-26-21)27-12-6-9-17(15-27)22-24-14-18(29-22)13-16-7-2-1-3-8-16/h1-5,7-8,10-11,14,17H,6,9,12-13,15H2,(H,25,26)/t17-/m1/s1. The summed E-state index contributed by atoms with van der Waals surface area (Å²) in [5.74, 6) is 1.65. The van der Waals surface area contributed by atoms with Crippen molar-refractivity contribution in [2.24, 2.45) is 0 Å². The summed E-state index contributed by atoms with van der Waals surface area (Å²) in [6.07, 6.45) is 4.43. The Morgan fingerprint density at radius 1 is 1.14 bits per heavy atom. The van der Waals surface area contributed by atoms with Crippen molar-refractivity contribution >= 4 is 16.8 Å². The molecule has 2 aromatic heterocycles. The highest BCUT2D eigenvalue weighted by Crippen LogP contribution is 2.28. The normalized spacial score (nSPS) is 17.0. The molecular weight excluding hydrogens is 364 g/mol. The molecule has 2 aromatic carbocycles. The fourth-order valence-corrected chi connectivity index (χ4v) is 4.03. The molecule has 6 heteroatoms. The van der Waals surface area contributed by atoms with E-state index in [2.05, 4.69) is 27.3 Å². The number of H-pyrrole nitrogens is 1. The lowest BCUT2D eigenvalue weighted by atomic mass is 9.97. The first-order valence-corrected chi connectivity index (χ1v) is 9.99. The van der Waals surface area contributed by atoms with Gasteiger partial charge in [0.05, 0.1) is 17.6 Å². The molecule has 5 rings (SSSR count). The van der Waals surface area contributed by atoms with Crippen molar-refractivity contribution in [2.45, 2.75) is 25.2 Å². The summed E-state index contributed by atoms with van der Waals surface area (Å²) in [6.45, 7) is 1.33. The summed E-state index contributed by atoms with van der Waals surface area (Å²) < 4.78 is 6.05. The van der Waals surface area contributed by atoms with E-state index in [4.69, 9.17) is 4.42 Å². The van der Waals surface area contributed by atoms with Crippen molar-refractivity contribution in [1.29, 1.82) is 0 Å². The van der Waals surface area contributed by atoms with Crippen LogP contribution in [0.4, 0.5) is 0 Å². The minimum absolute atomic E-state index is 0.0387. The van der Waals surface area contributed by atoms with E-state index in [1.807, 2.05) is 53.6 Å². The molecule has 0 unspecified atom stereocenters. The predicted octanol–water partition coefficient (Wildman–Crippen LogP) is 4.16. The van der Waals surface area contributed by atoms with Gasteiger partial charge < -0.3 is 9.32 Å². The van der Waals surface area contributed by atoms with Crippen LogP contribution in [-0.4, -0.2) is 39.1 Å². The van der Waals surface area contributed by atoms with Crippen molar-refractivity contribution in [1.82, 2.24) is 20.1 Å². The van der Waals surface area contributed by atoms with Crippen LogP contribution in [-0.2, 0) is 6.42 Å². The van der Waals surface area contributed by atoms with Gasteiger partial charge in [-0.1, -0.05) is 48.5 Å². The van der Waals surface area contributed by atoms with Crippen molar-refractivity contribution < 1.29 is 9.21 Å². The Morgan fingerprint density at radius 2 is 1.97 bits per heavy atom. The molecule has 6 nitrogen and oxygen atoms in total. The van der Waals surface area contributed by atoms with Crippen LogP contribution in [0.15, 0.2) is 65.2 Å². The topological polar surface area (TPSA) is 75.0 Å². The molecule has 1 aliphatic heterocycles. The Bertz CT molecular complexity index is 1130. The molecule has 0 aliphatic carbocycles. The molecule has 0 saturated carbocycles. The third-order valence-corrected chi connectivity index (χ3v) is 5.52. The van der Waals surface area contributed by atoms with Crippen LogP contribution in [0, 0.1) is 0 Å². The number of fused-ring (bicyclic) bond motifs is 1. The van der Waals surface area contributed by atoms with Gasteiger partial charge in [0.15, 0.2) is 11.6 Å². The molecule has 146 valence electrons. The van der Waals surface area contributed by atoms with E-state index in [9.17, 15) is 4.79 Å². The SMILES string of the molecule is O=C(c1n[nH]c2ccccc12)N1CCC[C@@H](c2ncc(Cc3ccccc3)o2)C1. The van der Waals surface area contributed by atoms with Crippen LogP contribution in [0.3, 0.4) is 0 Å². The highest BCUT2D eigenvalue weighted by molar-refractivity contribution is 6.04. The fraction of sp³-hybridized carbons (Fsp3) is 0.261. The summed E-state index contributed by atoms with van der Waals surface area (Å²) >= 11 is 0. The van der Waals surface area contributed by atoms with Crippen LogP contribution in [0.2, 0.25) is 0 Å². The highest BCUT2D eigenvalue weighted by atomic mass is 16.4. The largest absolute Gasteiger partial charge is 0.445 e. The number of oxazole rings is 1. The molecular formula is C23H22N4O2. The number of benzene rings is 2. The molecule has 3 heterocycles. The number of rotatable bonds is 4. The average Bonchev–Trinajstić information content (AvgIpc) is 3.41. The Balaban J connectivity index is 1.31. The number of carbonyl (C=O) groups is 1. The molecule has 0 radical (unpaired) electrons. The second kappa shape index (κ2) is 7.54. The van der Waals surface area contributed by atoms with Gasteiger partial charge in [0.25, 0.3) is 5.91 Å². The maximum absolute atomic E-state index is 13.1. The number of nitrogens with one attached hydrogen (secondary N) is 1. The number of hydrogen-bond acceptors (Lipinski definition) is 4. The number of hydrogen-bond donors (Lipinski definition) is 1. The van der Waals surface area contributed by atoms with E-state index in [0.717, 1.165) is 48.4 Å². The van der Waals surface area contributed by atoms with E-state index in [1.54, 1.807) is 0 Å². The number of aromatic amines is 1. The summed E-state index contributed by atoms with van der Waals surface area (Å²) in [6, 6.07) is 17.9. The minimum atomic E-state index is -0.0387. The van der Waals surface area contributed by atoms with E-state index in [1.165, 1.54) is 5.56 Å². The summed E-state index contributed by atoms with van der Waals surface area (Å²) in [7, 11) is 0. The number of para-hydroxylation sites is 1. The predicted molar refractivity (Wildman–Crippen MR) is 110 cm³/mol. The smallest absolute Gasteiger partial charge is 0.275 e. The number of nitrogens with zero attached hydrogens (tertiary/aromatic N) is 3. The lowest BCUT2D eigenvalue weighted by Gasteiger charge is -2.30. The fourth-order valence-electron chi connectivity index (χ4n) is 4.03. The maximum atomic E-state index is 13.1. The van der Waals surface area contributed by atoms with Crippen LogP contribution in [0.1, 0.15) is 46.5 Å². The number of carbonyl (C=O) groups excluding carboxylic acids is 1. The van der Waals surface area contributed by atoms with E-state index in [-0.39, 0.29) is 11.8 Å². The molecule has 0 spiro atoms. The van der Waals surface area contributed by atoms with Crippen LogP contribution >= 0.6 is 0 Å². The molecule has 4 aromatic rings. The van der Waals surface area contributed by atoms with Gasteiger partial charge >= 0.3 is 0 Å². The van der Waals surface area contributed by atoms with E-state index < -0.39 is 0 Å². The number of amides is 1. The molecule has 1 atom stereocenters. The molecule has 1 amide bonds. The zero-order valence-corrected chi connectivity index (χ0v) is 16.0. The number of likely N-dealkylation sites (tertiary alicyclic amines) is 1. The van der Waals surface area contributed by atoms with Crippen LogP contribution in [0.25, 0.3) is 10.9 Å². The van der Waals surface area contributed by atoms with Gasteiger partial charge in [0.1, 0.15) is 5.76 Å². The van der Waals surface area contributed by atoms with Gasteiger partial charge in [0, 0.05) is 24.9 Å². The molecule has 1 fully saturated rings. The summed E-state index contributed by atoms with van der Waals surface area (Å²) in [4.78, 5) is 19.5. The van der Waals surface area contributed by atoms with Crippen molar-refractivity contribution in [3.8, 4) is 0 Å². The number of aromatic nitrogens is 3. The lowest BCUT2D eigenvalue weighted by molar-refractivity contribution is 0.0694. The second-order valence-corrected chi connectivity index (χ2v) is 7.54. The first-order chi connectivity index (χ1) is 14.3. The molecule has 29 heavy (non-hydrogen) atoms. The second-order valence-electron chi connectivity index (χ2n) is 7.54. The Hall–Kier alpha value is -3.41. The van der Waals surface area contributed by atoms with Gasteiger partial charge in [-0.25, -0.2) is 4.98 Å². The first kappa shape index (κ1) is 17.7. The maximum Gasteiger partial charge on any atom is 0.275 e. The van der Waals surface area contributed by atoms with Crippen molar-refractivity contribution in [2.75, 3.05) is 13.1 Å². The Labute approximate surface area is 168 Å². The number of piperidine rings is 1. The van der Waals surface area contributed by atoms with Crippen LogP contribution in [0.5, 0.6) is 0 Å². The molecule has 1 N–H and O–H groups in total. The Morgan fingerprint density at radius 3 is 2.86 bits per heavy atom. The average molecular weight is 386 g/mol. The van der Waals surface area contributed by atoms with Gasteiger partial charge in [0.2, 0.25) is 0 Å². The third kappa shape index (κ3) is 3.53. The zero-order chi connectivity index (χ0) is 19.6. The molecule has 0 bridgehead atoms. The van der Waals surface area contributed by atoms with E-state index >= 15 is 0 Å². The minimum Gasteiger partial charge on any atom is -0.445 e. The lowest BCUT2D eigenvalue weighted by Crippen LogP contribution is -2.39. The van der Waals surface area contributed by atoms with Gasteiger partial charge in [-0.15, -0.1) is 0 Å². The van der Waals surface area contributed by atoms with Gasteiger partial charge in [-0.2, -0.15) is 5.10 Å². The van der Waals surface area contributed by atoms with Gasteiger partial charge in [-0.3, -0.25) is 9.89 Å². The summed E-state index contributed by atoms with van der Waals surface area (Å²) in [5.41, 5.74) is 2.56. The van der Waals surface area contributed by atoms with Crippen molar-refractivity contribution in [3.63, 3.8) is 0 Å². The monoisotopic (exact) mass is 386 g/mol. The molecule has 1 saturated heterocycles. The summed E-state index contributed by atoms with van der Waals surface area (Å²) in [5, 5.41) is 8.08. The Kier molecular flexibility index (Phi) is 4.60. The first-order valence-electron chi connectivity index (χ1n) is 9.99. The van der Waals surface area contributed by atoms with Crippen molar-refractivity contribution in [3.05, 3.63) is 83.7 Å². The third-order valence-electron chi connectivity index (χ3n) is 5.52. The van der Waals surface area contributed by atoms with Gasteiger partial charge in [-0.05, 0) is 24.5 Å². The molecule has 1 aliphatic rings. The highest BCUT2D eigenvalue weighted by Gasteiger charge is 2.30. The quantitative estimate of drug-likeness (QED) is 0.571.